The lowest BCUT2D eigenvalue weighted by Gasteiger charge is -2.22. The second kappa shape index (κ2) is 12.1. The molecule has 4 aromatic rings. The number of thioether (sulfide) groups is 2. The molecule has 1 saturated carbocycles. The van der Waals surface area contributed by atoms with Crippen LogP contribution < -0.4 is 10.6 Å². The zero-order chi connectivity index (χ0) is 25.6. The molecule has 2 N–H and O–H groups in total. The van der Waals surface area contributed by atoms with Gasteiger partial charge in [-0.25, -0.2) is 4.98 Å². The summed E-state index contributed by atoms with van der Waals surface area (Å²) in [6.45, 7) is 0. The molecule has 11 heteroatoms. The molecule has 0 saturated heterocycles. The molecule has 1 fully saturated rings. The molecule has 37 heavy (non-hydrogen) atoms. The van der Waals surface area contributed by atoms with Gasteiger partial charge in [-0.3, -0.25) is 9.59 Å². The minimum Gasteiger partial charge on any atom is -0.353 e. The number of anilines is 1. The van der Waals surface area contributed by atoms with Gasteiger partial charge in [0, 0.05) is 24.3 Å². The van der Waals surface area contributed by atoms with Gasteiger partial charge in [0.15, 0.2) is 15.3 Å². The van der Waals surface area contributed by atoms with Crippen LogP contribution in [0.5, 0.6) is 0 Å². The van der Waals surface area contributed by atoms with Crippen molar-refractivity contribution in [1.82, 2.24) is 25.1 Å². The van der Waals surface area contributed by atoms with Crippen molar-refractivity contribution in [2.45, 2.75) is 47.6 Å². The number of aromatic nitrogens is 4. The number of carbonyl (C=O) groups is 2. The number of fused-ring (bicyclic) bond motifs is 1. The third kappa shape index (κ3) is 6.71. The lowest BCUT2D eigenvalue weighted by molar-refractivity contribution is -0.119. The Morgan fingerprint density at radius 1 is 1.00 bits per heavy atom. The Bertz CT molecular complexity index is 1380. The van der Waals surface area contributed by atoms with Gasteiger partial charge in [-0.15, -0.1) is 21.5 Å². The maximum Gasteiger partial charge on any atom is 0.234 e. The van der Waals surface area contributed by atoms with Gasteiger partial charge in [0.05, 0.1) is 21.7 Å². The van der Waals surface area contributed by atoms with Gasteiger partial charge in [-0.05, 0) is 31.0 Å². The van der Waals surface area contributed by atoms with Gasteiger partial charge >= 0.3 is 0 Å². The van der Waals surface area contributed by atoms with E-state index in [9.17, 15) is 9.59 Å². The fourth-order valence-electron chi connectivity index (χ4n) is 4.29. The molecule has 8 nitrogen and oxygen atoms in total. The average Bonchev–Trinajstić information content (AvgIpc) is 3.49. The molecule has 0 radical (unpaired) electrons. The Kier molecular flexibility index (Phi) is 8.42. The zero-order valence-electron chi connectivity index (χ0n) is 20.5. The summed E-state index contributed by atoms with van der Waals surface area (Å²) >= 11 is 4.34. The van der Waals surface area contributed by atoms with Gasteiger partial charge in [0.2, 0.25) is 11.8 Å². The first-order valence-electron chi connectivity index (χ1n) is 12.3. The van der Waals surface area contributed by atoms with E-state index in [-0.39, 0.29) is 17.6 Å². The molecule has 0 atom stereocenters. The van der Waals surface area contributed by atoms with Gasteiger partial charge in [-0.1, -0.05) is 73.1 Å². The summed E-state index contributed by atoms with van der Waals surface area (Å²) < 4.78 is 3.72. The van der Waals surface area contributed by atoms with Crippen LogP contribution in [0.3, 0.4) is 0 Å². The molecule has 0 aliphatic heterocycles. The highest BCUT2D eigenvalue weighted by Crippen LogP contribution is 2.31. The Morgan fingerprint density at radius 2 is 1.78 bits per heavy atom. The summed E-state index contributed by atoms with van der Waals surface area (Å²) in [7, 11) is 1.90. The molecule has 2 amide bonds. The van der Waals surface area contributed by atoms with Crippen LogP contribution in [0.25, 0.3) is 21.6 Å². The molecular formula is C26H28N6O2S3. The van der Waals surface area contributed by atoms with Crippen LogP contribution in [0.2, 0.25) is 0 Å². The Balaban J connectivity index is 1.13. The molecule has 0 spiro atoms. The third-order valence-corrected chi connectivity index (χ3v) is 9.33. The van der Waals surface area contributed by atoms with Gasteiger partial charge in [-0.2, -0.15) is 0 Å². The van der Waals surface area contributed by atoms with Crippen molar-refractivity contribution in [2.75, 3.05) is 16.8 Å². The molecule has 2 aromatic heterocycles. The predicted molar refractivity (Wildman–Crippen MR) is 151 cm³/mol. The summed E-state index contributed by atoms with van der Waals surface area (Å²) in [6, 6.07) is 15.8. The molecule has 0 bridgehead atoms. The van der Waals surface area contributed by atoms with Crippen molar-refractivity contribution >= 4 is 62.6 Å². The predicted octanol–water partition coefficient (Wildman–Crippen LogP) is 5.36. The molecule has 0 unspecified atom stereocenters. The van der Waals surface area contributed by atoms with Crippen LogP contribution in [0, 0.1) is 0 Å². The van der Waals surface area contributed by atoms with Gasteiger partial charge < -0.3 is 15.2 Å². The maximum atomic E-state index is 12.6. The second-order valence-corrected chi connectivity index (χ2v) is 12.1. The number of nitrogens with one attached hydrogen (secondary N) is 2. The third-order valence-electron chi connectivity index (χ3n) is 6.15. The minimum atomic E-state index is -0.118. The van der Waals surface area contributed by atoms with Crippen LogP contribution in [-0.2, 0) is 16.6 Å². The number of amides is 2. The lowest BCUT2D eigenvalue weighted by atomic mass is 9.95. The highest BCUT2D eigenvalue weighted by Gasteiger charge is 2.17. The van der Waals surface area contributed by atoms with E-state index in [0.29, 0.717) is 17.0 Å². The SMILES string of the molecule is Cn1c(SCC(=O)Nc2ccc3nc(SCC(=O)NC4CCCCC4)sc3c2)nnc1-c1ccccc1. The summed E-state index contributed by atoms with van der Waals surface area (Å²) in [5.74, 6) is 1.30. The number of hydrogen-bond acceptors (Lipinski definition) is 8. The summed E-state index contributed by atoms with van der Waals surface area (Å²) in [5.41, 5.74) is 2.56. The van der Waals surface area contributed by atoms with E-state index in [1.807, 2.05) is 60.1 Å². The quantitative estimate of drug-likeness (QED) is 0.269. The van der Waals surface area contributed by atoms with Crippen molar-refractivity contribution in [3.05, 3.63) is 48.5 Å². The Morgan fingerprint density at radius 3 is 2.59 bits per heavy atom. The average molecular weight is 553 g/mol. The van der Waals surface area contributed by atoms with E-state index in [2.05, 4.69) is 25.8 Å². The number of nitrogens with zero attached hydrogens (tertiary/aromatic N) is 4. The fraction of sp³-hybridized carbons (Fsp3) is 0.346. The smallest absolute Gasteiger partial charge is 0.234 e. The van der Waals surface area contributed by atoms with Crippen LogP contribution in [-0.4, -0.2) is 49.1 Å². The fourth-order valence-corrected chi connectivity index (χ4v) is 6.92. The molecule has 2 heterocycles. The van der Waals surface area contributed by atoms with E-state index in [4.69, 9.17) is 0 Å². The monoisotopic (exact) mass is 552 g/mol. The number of thiazole rings is 1. The second-order valence-electron chi connectivity index (χ2n) is 8.92. The summed E-state index contributed by atoms with van der Waals surface area (Å²) in [5, 5.41) is 15.3. The first-order chi connectivity index (χ1) is 18.0. The summed E-state index contributed by atoms with van der Waals surface area (Å²) in [4.78, 5) is 29.6. The molecule has 1 aliphatic carbocycles. The largest absolute Gasteiger partial charge is 0.353 e. The van der Waals surface area contributed by atoms with Crippen LogP contribution in [0.4, 0.5) is 5.69 Å². The molecule has 2 aromatic carbocycles. The van der Waals surface area contributed by atoms with Gasteiger partial charge in [0.25, 0.3) is 0 Å². The Labute approximate surface area is 228 Å². The van der Waals surface area contributed by atoms with Crippen molar-refractivity contribution in [3.63, 3.8) is 0 Å². The highest BCUT2D eigenvalue weighted by atomic mass is 32.2. The molecule has 192 valence electrons. The molecule has 5 rings (SSSR count). The number of rotatable bonds is 9. The van der Waals surface area contributed by atoms with Crippen molar-refractivity contribution in [3.8, 4) is 11.4 Å². The van der Waals surface area contributed by atoms with Crippen LogP contribution in [0.1, 0.15) is 32.1 Å². The first-order valence-corrected chi connectivity index (χ1v) is 15.0. The number of carbonyl (C=O) groups excluding carboxylic acids is 2. The number of hydrogen-bond donors (Lipinski definition) is 2. The van der Waals surface area contributed by atoms with E-state index < -0.39 is 0 Å². The summed E-state index contributed by atoms with van der Waals surface area (Å²) in [6.07, 6.45) is 5.83. The van der Waals surface area contributed by atoms with Crippen molar-refractivity contribution in [1.29, 1.82) is 0 Å². The standard InChI is InChI=1S/C26H28N6O2S3/c1-32-24(17-8-4-2-5-9-17)30-31-25(32)35-15-22(33)28-19-12-13-20-21(14-19)37-26(29-20)36-16-23(34)27-18-10-6-3-7-11-18/h2,4-5,8-9,12-14,18H,3,6-7,10-11,15-16H2,1H3,(H,27,34)(H,28,33). The van der Waals surface area contributed by atoms with Crippen molar-refractivity contribution in [2.24, 2.45) is 7.05 Å². The van der Waals surface area contributed by atoms with E-state index in [0.717, 1.165) is 44.5 Å². The minimum absolute atomic E-state index is 0.0698. The van der Waals surface area contributed by atoms with E-state index in [1.54, 1.807) is 0 Å². The maximum absolute atomic E-state index is 12.6. The van der Waals surface area contributed by atoms with E-state index >= 15 is 0 Å². The topological polar surface area (TPSA) is 102 Å². The van der Waals surface area contributed by atoms with Crippen LogP contribution in [0.15, 0.2) is 58.0 Å². The first kappa shape index (κ1) is 25.7. The lowest BCUT2D eigenvalue weighted by Crippen LogP contribution is -2.37. The molecular weight excluding hydrogens is 525 g/mol. The zero-order valence-corrected chi connectivity index (χ0v) is 22.9. The molecule has 1 aliphatic rings. The normalized spacial score (nSPS) is 14.1. The van der Waals surface area contributed by atoms with Crippen LogP contribution >= 0.6 is 34.9 Å². The van der Waals surface area contributed by atoms with Crippen molar-refractivity contribution < 1.29 is 9.59 Å². The Hall–Kier alpha value is -2.89. The highest BCUT2D eigenvalue weighted by molar-refractivity contribution is 8.01. The van der Waals surface area contributed by atoms with Gasteiger partial charge in [0.1, 0.15) is 0 Å². The van der Waals surface area contributed by atoms with E-state index in [1.165, 1.54) is 54.1 Å². The number of benzene rings is 2.